The summed E-state index contributed by atoms with van der Waals surface area (Å²) < 4.78 is 2.09. The number of nitrogens with zero attached hydrogens (tertiary/aromatic N) is 4. The summed E-state index contributed by atoms with van der Waals surface area (Å²) in [5.74, 6) is 0.992. The van der Waals surface area contributed by atoms with Crippen molar-refractivity contribution in [3.8, 4) is 5.75 Å². The van der Waals surface area contributed by atoms with Crippen molar-refractivity contribution in [1.29, 1.82) is 0 Å². The van der Waals surface area contributed by atoms with Gasteiger partial charge in [-0.05, 0) is 44.0 Å². The van der Waals surface area contributed by atoms with Crippen LogP contribution in [0, 0.1) is 6.92 Å². The summed E-state index contributed by atoms with van der Waals surface area (Å²) in [6.45, 7) is 5.78. The van der Waals surface area contributed by atoms with Gasteiger partial charge in [0, 0.05) is 45.0 Å². The highest BCUT2D eigenvalue weighted by molar-refractivity contribution is 5.78. The molecule has 32 heavy (non-hydrogen) atoms. The average Bonchev–Trinajstić information content (AvgIpc) is 3.14. The fourth-order valence-electron chi connectivity index (χ4n) is 4.11. The van der Waals surface area contributed by atoms with E-state index in [-0.39, 0.29) is 11.8 Å². The Kier molecular flexibility index (Phi) is 6.75. The molecule has 0 aliphatic carbocycles. The highest BCUT2D eigenvalue weighted by atomic mass is 16.3. The lowest BCUT2D eigenvalue weighted by molar-refractivity contribution is 0.214. The lowest BCUT2D eigenvalue weighted by atomic mass is 10.1. The van der Waals surface area contributed by atoms with Crippen LogP contribution in [0.5, 0.6) is 5.75 Å². The van der Waals surface area contributed by atoms with E-state index >= 15 is 0 Å². The molecule has 3 heterocycles. The Bertz CT molecular complexity index is 1070. The summed E-state index contributed by atoms with van der Waals surface area (Å²) in [6.07, 6.45) is 1.99. The van der Waals surface area contributed by atoms with E-state index < -0.39 is 0 Å². The number of benzene rings is 1. The Morgan fingerprint density at radius 2 is 1.94 bits per heavy atom. The molecule has 0 spiro atoms. The number of fused-ring (bicyclic) bond motifs is 1. The predicted molar refractivity (Wildman–Crippen MR) is 125 cm³/mol. The maximum absolute atomic E-state index is 11.3. The van der Waals surface area contributed by atoms with Crippen LogP contribution in [-0.4, -0.2) is 69.8 Å². The minimum Gasteiger partial charge on any atom is -0.506 e. The number of amides is 2. The Morgan fingerprint density at radius 1 is 1.16 bits per heavy atom. The second-order valence-electron chi connectivity index (χ2n) is 8.19. The standard InChI is InChI=1S/C23H31N7O2/c1-16-7-8-21(31)19(26-16)15-30-20-6-4-3-5-18(20)28-22(30)27-17-9-12-29(13-10-17)14-11-25-23(32)24-2/h3-8,17,31H,9-15H2,1-2H3,(H,27,28)(H2,24,25,32). The number of carbonyl (C=O) groups excluding carboxylic acids is 1. The number of rotatable bonds is 7. The average molecular weight is 438 g/mol. The van der Waals surface area contributed by atoms with Gasteiger partial charge in [0.2, 0.25) is 5.95 Å². The zero-order valence-corrected chi connectivity index (χ0v) is 18.6. The molecule has 3 aromatic rings. The number of aromatic hydroxyl groups is 1. The molecule has 1 aromatic carbocycles. The van der Waals surface area contributed by atoms with Gasteiger partial charge in [0.05, 0.1) is 17.6 Å². The first-order valence-electron chi connectivity index (χ1n) is 11.1. The molecule has 1 fully saturated rings. The van der Waals surface area contributed by atoms with Crippen LogP contribution in [0.1, 0.15) is 24.2 Å². The molecule has 2 amide bonds. The van der Waals surface area contributed by atoms with Crippen molar-refractivity contribution in [2.24, 2.45) is 0 Å². The molecule has 0 radical (unpaired) electrons. The molecule has 1 aliphatic rings. The topological polar surface area (TPSA) is 107 Å². The second kappa shape index (κ2) is 9.86. The van der Waals surface area contributed by atoms with Gasteiger partial charge in [-0.25, -0.2) is 9.78 Å². The van der Waals surface area contributed by atoms with E-state index in [2.05, 4.69) is 30.4 Å². The van der Waals surface area contributed by atoms with E-state index in [4.69, 9.17) is 4.98 Å². The van der Waals surface area contributed by atoms with Crippen LogP contribution in [0.2, 0.25) is 0 Å². The van der Waals surface area contributed by atoms with Gasteiger partial charge in [0.25, 0.3) is 0 Å². The molecule has 4 rings (SSSR count). The molecule has 0 saturated carbocycles. The van der Waals surface area contributed by atoms with E-state index in [1.807, 2.05) is 37.3 Å². The monoisotopic (exact) mass is 437 g/mol. The number of carbonyl (C=O) groups is 1. The zero-order chi connectivity index (χ0) is 22.5. The smallest absolute Gasteiger partial charge is 0.314 e. The van der Waals surface area contributed by atoms with E-state index in [0.717, 1.165) is 55.2 Å². The molecule has 9 heteroatoms. The van der Waals surface area contributed by atoms with Crippen molar-refractivity contribution in [1.82, 2.24) is 30.1 Å². The van der Waals surface area contributed by atoms with E-state index in [9.17, 15) is 9.90 Å². The molecule has 9 nitrogen and oxygen atoms in total. The van der Waals surface area contributed by atoms with Gasteiger partial charge in [-0.3, -0.25) is 4.98 Å². The van der Waals surface area contributed by atoms with Gasteiger partial charge in [-0.1, -0.05) is 12.1 Å². The summed E-state index contributed by atoms with van der Waals surface area (Å²) >= 11 is 0. The van der Waals surface area contributed by atoms with E-state index in [1.165, 1.54) is 0 Å². The van der Waals surface area contributed by atoms with Crippen LogP contribution < -0.4 is 16.0 Å². The fraction of sp³-hybridized carbons (Fsp3) is 0.435. The quantitative estimate of drug-likeness (QED) is 0.452. The first-order chi connectivity index (χ1) is 15.5. The Balaban J connectivity index is 1.44. The number of para-hydroxylation sites is 2. The van der Waals surface area contributed by atoms with Gasteiger partial charge < -0.3 is 30.5 Å². The number of piperidine rings is 1. The number of anilines is 1. The zero-order valence-electron chi connectivity index (χ0n) is 18.6. The summed E-state index contributed by atoms with van der Waals surface area (Å²) in [5, 5.41) is 19.4. The number of nitrogens with one attached hydrogen (secondary N) is 3. The lowest BCUT2D eigenvalue weighted by Gasteiger charge is -2.32. The van der Waals surface area contributed by atoms with Crippen molar-refractivity contribution in [3.63, 3.8) is 0 Å². The largest absolute Gasteiger partial charge is 0.506 e. The third-order valence-corrected chi connectivity index (χ3v) is 5.91. The number of likely N-dealkylation sites (tertiary alicyclic amines) is 1. The molecular formula is C23H31N7O2. The maximum Gasteiger partial charge on any atom is 0.314 e. The molecule has 1 saturated heterocycles. The van der Waals surface area contributed by atoms with E-state index in [0.29, 0.717) is 24.8 Å². The molecule has 1 aliphatic heterocycles. The number of hydrogen-bond acceptors (Lipinski definition) is 6. The SMILES string of the molecule is CNC(=O)NCCN1CCC(Nc2nc3ccccc3n2Cc2nc(C)ccc2O)CC1. The molecule has 0 atom stereocenters. The van der Waals surface area contributed by atoms with Crippen LogP contribution in [0.15, 0.2) is 36.4 Å². The number of aryl methyl sites for hydroxylation is 1. The second-order valence-corrected chi connectivity index (χ2v) is 8.19. The lowest BCUT2D eigenvalue weighted by Crippen LogP contribution is -2.44. The minimum absolute atomic E-state index is 0.144. The normalized spacial score (nSPS) is 15.1. The van der Waals surface area contributed by atoms with Crippen LogP contribution >= 0.6 is 0 Å². The molecule has 4 N–H and O–H groups in total. The number of imidazole rings is 1. The summed E-state index contributed by atoms with van der Waals surface area (Å²) in [7, 11) is 1.62. The first kappa shape index (κ1) is 21.9. The van der Waals surface area contributed by atoms with Crippen molar-refractivity contribution >= 4 is 23.0 Å². The third kappa shape index (κ3) is 5.11. The fourth-order valence-corrected chi connectivity index (χ4v) is 4.11. The summed E-state index contributed by atoms with van der Waals surface area (Å²) in [5.41, 5.74) is 3.43. The highest BCUT2D eigenvalue weighted by Crippen LogP contribution is 2.25. The van der Waals surface area contributed by atoms with Gasteiger partial charge in [-0.2, -0.15) is 0 Å². The van der Waals surface area contributed by atoms with Crippen molar-refractivity contribution in [3.05, 3.63) is 47.8 Å². The number of urea groups is 1. The van der Waals surface area contributed by atoms with Gasteiger partial charge in [-0.15, -0.1) is 0 Å². The molecule has 0 unspecified atom stereocenters. The first-order valence-corrected chi connectivity index (χ1v) is 11.1. The van der Waals surface area contributed by atoms with Crippen LogP contribution in [0.4, 0.5) is 10.7 Å². The number of pyridine rings is 1. The van der Waals surface area contributed by atoms with Gasteiger partial charge in [0.15, 0.2) is 0 Å². The predicted octanol–water partition coefficient (Wildman–Crippen LogP) is 2.30. The molecule has 0 bridgehead atoms. The summed E-state index contributed by atoms with van der Waals surface area (Å²) in [6, 6.07) is 11.7. The Labute approximate surface area is 187 Å². The van der Waals surface area contributed by atoms with Crippen LogP contribution in [0.3, 0.4) is 0 Å². The summed E-state index contributed by atoms with van der Waals surface area (Å²) in [4.78, 5) is 23.0. The Hall–Kier alpha value is -3.33. The van der Waals surface area contributed by atoms with Crippen LogP contribution in [0.25, 0.3) is 11.0 Å². The van der Waals surface area contributed by atoms with Gasteiger partial charge >= 0.3 is 6.03 Å². The van der Waals surface area contributed by atoms with Gasteiger partial charge in [0.1, 0.15) is 11.4 Å². The molecule has 2 aromatic heterocycles. The van der Waals surface area contributed by atoms with Crippen LogP contribution in [-0.2, 0) is 6.54 Å². The highest BCUT2D eigenvalue weighted by Gasteiger charge is 2.22. The van der Waals surface area contributed by atoms with Crippen molar-refractivity contribution in [2.75, 3.05) is 38.5 Å². The molecular weight excluding hydrogens is 406 g/mol. The minimum atomic E-state index is -0.144. The Morgan fingerprint density at radius 3 is 2.72 bits per heavy atom. The van der Waals surface area contributed by atoms with E-state index in [1.54, 1.807) is 13.1 Å². The number of aromatic nitrogens is 3. The maximum atomic E-state index is 11.3. The number of hydrogen-bond donors (Lipinski definition) is 4. The van der Waals surface area contributed by atoms with Crippen molar-refractivity contribution in [2.45, 2.75) is 32.4 Å². The third-order valence-electron chi connectivity index (χ3n) is 5.91. The molecule has 170 valence electrons. The van der Waals surface area contributed by atoms with Crippen molar-refractivity contribution < 1.29 is 9.90 Å².